The van der Waals surface area contributed by atoms with Crippen LogP contribution in [0.3, 0.4) is 0 Å². The van der Waals surface area contributed by atoms with Gasteiger partial charge in [-0.3, -0.25) is 9.78 Å². The van der Waals surface area contributed by atoms with Crippen LogP contribution in [0.2, 0.25) is 0 Å². The van der Waals surface area contributed by atoms with E-state index in [2.05, 4.69) is 30.3 Å². The number of nitrogens with zero attached hydrogens (tertiary/aromatic N) is 5. The second kappa shape index (κ2) is 7.92. The topological polar surface area (TPSA) is 106 Å². The van der Waals surface area contributed by atoms with Crippen LogP contribution >= 0.6 is 0 Å². The van der Waals surface area contributed by atoms with Crippen LogP contribution in [0.1, 0.15) is 16.3 Å². The van der Waals surface area contributed by atoms with Crippen LogP contribution in [0, 0.1) is 0 Å². The fraction of sp³-hybridized carbons (Fsp3) is 0.278. The van der Waals surface area contributed by atoms with Crippen LogP contribution in [0.4, 0.5) is 5.82 Å². The van der Waals surface area contributed by atoms with Gasteiger partial charge in [-0.05, 0) is 18.2 Å². The maximum absolute atomic E-state index is 12.3. The number of hydrogen-bond acceptors (Lipinski definition) is 8. The number of morpholine rings is 1. The van der Waals surface area contributed by atoms with Gasteiger partial charge in [0, 0.05) is 43.3 Å². The average Bonchev–Trinajstić information content (AvgIpc) is 3.24. The SMILES string of the molecule is O=C(NCc1nccc(N2CCOCC2)n1)c1cc(-c2cccnc2)on1. The summed E-state index contributed by atoms with van der Waals surface area (Å²) in [5.74, 6) is 1.49. The molecule has 0 unspecified atom stereocenters. The third-order valence-electron chi connectivity index (χ3n) is 4.12. The third-order valence-corrected chi connectivity index (χ3v) is 4.12. The summed E-state index contributed by atoms with van der Waals surface area (Å²) in [6.45, 7) is 3.15. The second-order valence-electron chi connectivity index (χ2n) is 5.93. The Balaban J connectivity index is 1.39. The molecular formula is C18H18N6O3. The summed E-state index contributed by atoms with van der Waals surface area (Å²) in [5, 5.41) is 6.58. The molecule has 1 N–H and O–H groups in total. The van der Waals surface area contributed by atoms with E-state index >= 15 is 0 Å². The number of pyridine rings is 1. The number of amides is 1. The second-order valence-corrected chi connectivity index (χ2v) is 5.93. The molecule has 9 nitrogen and oxygen atoms in total. The van der Waals surface area contributed by atoms with E-state index in [1.165, 1.54) is 0 Å². The lowest BCUT2D eigenvalue weighted by atomic mass is 10.2. The van der Waals surface area contributed by atoms with Gasteiger partial charge in [0.05, 0.1) is 19.8 Å². The fourth-order valence-corrected chi connectivity index (χ4v) is 2.72. The molecule has 0 atom stereocenters. The van der Waals surface area contributed by atoms with Crippen LogP contribution in [-0.4, -0.2) is 52.3 Å². The molecule has 4 rings (SSSR count). The third kappa shape index (κ3) is 4.09. The molecule has 9 heteroatoms. The van der Waals surface area contributed by atoms with Gasteiger partial charge in [-0.25, -0.2) is 9.97 Å². The van der Waals surface area contributed by atoms with Crippen molar-refractivity contribution < 1.29 is 14.1 Å². The zero-order chi connectivity index (χ0) is 18.5. The zero-order valence-corrected chi connectivity index (χ0v) is 14.5. The van der Waals surface area contributed by atoms with Crippen molar-refractivity contribution in [2.75, 3.05) is 31.2 Å². The number of carbonyl (C=O) groups is 1. The van der Waals surface area contributed by atoms with Gasteiger partial charge in [-0.15, -0.1) is 0 Å². The molecule has 3 aromatic heterocycles. The summed E-state index contributed by atoms with van der Waals surface area (Å²) in [4.78, 5) is 27.2. The van der Waals surface area contributed by atoms with Crippen molar-refractivity contribution >= 4 is 11.7 Å². The Kier molecular flexibility index (Phi) is 5.01. The van der Waals surface area contributed by atoms with E-state index < -0.39 is 0 Å². The average molecular weight is 366 g/mol. The van der Waals surface area contributed by atoms with E-state index in [9.17, 15) is 4.79 Å². The highest BCUT2D eigenvalue weighted by atomic mass is 16.5. The van der Waals surface area contributed by atoms with Gasteiger partial charge in [0.2, 0.25) is 0 Å². The molecule has 138 valence electrons. The number of anilines is 1. The number of ether oxygens (including phenoxy) is 1. The Morgan fingerprint density at radius 2 is 2.11 bits per heavy atom. The lowest BCUT2D eigenvalue weighted by molar-refractivity contribution is 0.0941. The minimum atomic E-state index is -0.353. The molecule has 0 radical (unpaired) electrons. The molecule has 0 bridgehead atoms. The molecule has 0 aromatic carbocycles. The predicted molar refractivity (Wildman–Crippen MR) is 96.0 cm³/mol. The quantitative estimate of drug-likeness (QED) is 0.720. The number of carbonyl (C=O) groups excluding carboxylic acids is 1. The summed E-state index contributed by atoms with van der Waals surface area (Å²) in [7, 11) is 0. The number of aromatic nitrogens is 4. The van der Waals surface area contributed by atoms with E-state index in [0.29, 0.717) is 24.8 Å². The van der Waals surface area contributed by atoms with Crippen molar-refractivity contribution in [1.82, 2.24) is 25.4 Å². The Labute approximate surface area is 155 Å². The van der Waals surface area contributed by atoms with Crippen molar-refractivity contribution in [1.29, 1.82) is 0 Å². The van der Waals surface area contributed by atoms with Crippen LogP contribution in [-0.2, 0) is 11.3 Å². The predicted octanol–water partition coefficient (Wildman–Crippen LogP) is 1.29. The Morgan fingerprint density at radius 3 is 2.93 bits per heavy atom. The highest BCUT2D eigenvalue weighted by Crippen LogP contribution is 2.18. The van der Waals surface area contributed by atoms with Gasteiger partial charge in [0.1, 0.15) is 11.6 Å². The van der Waals surface area contributed by atoms with Gasteiger partial charge in [0.25, 0.3) is 5.91 Å². The molecular weight excluding hydrogens is 348 g/mol. The van der Waals surface area contributed by atoms with Crippen LogP contribution in [0.25, 0.3) is 11.3 Å². The van der Waals surface area contributed by atoms with Crippen molar-refractivity contribution in [3.05, 3.63) is 54.4 Å². The molecule has 4 heterocycles. The van der Waals surface area contributed by atoms with E-state index in [0.717, 1.165) is 24.5 Å². The molecule has 1 amide bonds. The minimum absolute atomic E-state index is 0.193. The molecule has 1 aliphatic rings. The monoisotopic (exact) mass is 366 g/mol. The summed E-state index contributed by atoms with van der Waals surface area (Å²) in [6, 6.07) is 7.06. The maximum Gasteiger partial charge on any atom is 0.273 e. The minimum Gasteiger partial charge on any atom is -0.378 e. The first-order chi connectivity index (χ1) is 13.3. The van der Waals surface area contributed by atoms with Gasteiger partial charge < -0.3 is 19.5 Å². The van der Waals surface area contributed by atoms with Crippen molar-refractivity contribution in [3.63, 3.8) is 0 Å². The van der Waals surface area contributed by atoms with Gasteiger partial charge in [-0.1, -0.05) is 5.16 Å². The standard InChI is InChI=1S/C18H18N6O3/c25-18(14-10-15(27-23-14)13-2-1-4-19-11-13)21-12-16-20-5-3-17(22-16)24-6-8-26-9-7-24/h1-5,10-11H,6-9,12H2,(H,21,25). The van der Waals surface area contributed by atoms with E-state index in [1.807, 2.05) is 12.1 Å². The number of nitrogens with one attached hydrogen (secondary N) is 1. The van der Waals surface area contributed by atoms with Crippen molar-refractivity contribution in [3.8, 4) is 11.3 Å². The van der Waals surface area contributed by atoms with Gasteiger partial charge >= 0.3 is 0 Å². The number of hydrogen-bond donors (Lipinski definition) is 1. The Bertz CT molecular complexity index is 908. The summed E-state index contributed by atoms with van der Waals surface area (Å²) < 4.78 is 10.6. The highest BCUT2D eigenvalue weighted by molar-refractivity contribution is 5.92. The first-order valence-electron chi connectivity index (χ1n) is 8.59. The molecule has 1 fully saturated rings. The van der Waals surface area contributed by atoms with Crippen molar-refractivity contribution in [2.24, 2.45) is 0 Å². The summed E-state index contributed by atoms with van der Waals surface area (Å²) in [6.07, 6.45) is 5.00. The zero-order valence-electron chi connectivity index (χ0n) is 14.5. The van der Waals surface area contributed by atoms with E-state index in [-0.39, 0.29) is 18.1 Å². The van der Waals surface area contributed by atoms with Gasteiger partial charge in [0.15, 0.2) is 11.5 Å². The molecule has 0 spiro atoms. The molecule has 27 heavy (non-hydrogen) atoms. The van der Waals surface area contributed by atoms with E-state index in [1.54, 1.807) is 30.7 Å². The first-order valence-corrected chi connectivity index (χ1v) is 8.59. The molecule has 1 saturated heterocycles. The Hall–Kier alpha value is -3.33. The number of rotatable bonds is 5. The smallest absolute Gasteiger partial charge is 0.273 e. The first kappa shape index (κ1) is 17.1. The van der Waals surface area contributed by atoms with Gasteiger partial charge in [-0.2, -0.15) is 0 Å². The molecule has 1 aliphatic heterocycles. The van der Waals surface area contributed by atoms with Crippen LogP contribution in [0.5, 0.6) is 0 Å². The maximum atomic E-state index is 12.3. The lowest BCUT2D eigenvalue weighted by Gasteiger charge is -2.27. The van der Waals surface area contributed by atoms with Crippen LogP contribution in [0.15, 0.2) is 47.4 Å². The lowest BCUT2D eigenvalue weighted by Crippen LogP contribution is -2.37. The van der Waals surface area contributed by atoms with Crippen LogP contribution < -0.4 is 10.2 Å². The summed E-state index contributed by atoms with van der Waals surface area (Å²) in [5.41, 5.74) is 0.948. The molecule has 0 aliphatic carbocycles. The molecule has 0 saturated carbocycles. The van der Waals surface area contributed by atoms with E-state index in [4.69, 9.17) is 9.26 Å². The summed E-state index contributed by atoms with van der Waals surface area (Å²) >= 11 is 0. The fourth-order valence-electron chi connectivity index (χ4n) is 2.72. The van der Waals surface area contributed by atoms with Crippen molar-refractivity contribution in [2.45, 2.75) is 6.54 Å². The Morgan fingerprint density at radius 1 is 1.22 bits per heavy atom. The highest BCUT2D eigenvalue weighted by Gasteiger charge is 2.16. The molecule has 3 aromatic rings. The largest absolute Gasteiger partial charge is 0.378 e. The normalized spacial score (nSPS) is 14.1.